The lowest BCUT2D eigenvalue weighted by molar-refractivity contribution is 1.26. The summed E-state index contributed by atoms with van der Waals surface area (Å²) in [5.74, 6) is 0. The quantitative estimate of drug-likeness (QED) is 0.143. The minimum Gasteiger partial charge on any atom is -0.246 e. The Morgan fingerprint density at radius 1 is 0.340 bits per heavy atom. The molecular formula is C46H26N4. The van der Waals surface area contributed by atoms with E-state index in [2.05, 4.69) is 143 Å². The molecule has 0 aliphatic carbocycles. The molecule has 9 rings (SSSR count). The number of rotatable bonds is 4. The summed E-state index contributed by atoms with van der Waals surface area (Å²) in [5, 5.41) is 28.5. The summed E-state index contributed by atoms with van der Waals surface area (Å²) in [6.07, 6.45) is 3.37. The van der Waals surface area contributed by atoms with Crippen molar-refractivity contribution >= 4 is 43.1 Å². The Labute approximate surface area is 288 Å². The molecule has 4 nitrogen and oxygen atoms in total. The molecule has 2 aromatic heterocycles. The van der Waals surface area contributed by atoms with Gasteiger partial charge in [-0.2, -0.15) is 10.5 Å². The summed E-state index contributed by atoms with van der Waals surface area (Å²) in [6, 6.07) is 55.4. The summed E-state index contributed by atoms with van der Waals surface area (Å²) >= 11 is 0. The largest absolute Gasteiger partial charge is 0.246 e. The zero-order valence-electron chi connectivity index (χ0n) is 26.8. The van der Waals surface area contributed by atoms with E-state index in [1.165, 1.54) is 54.2 Å². The van der Waals surface area contributed by atoms with Crippen molar-refractivity contribution < 1.29 is 0 Å². The molecule has 50 heavy (non-hydrogen) atoms. The van der Waals surface area contributed by atoms with E-state index in [1.807, 2.05) is 24.3 Å². The summed E-state index contributed by atoms with van der Waals surface area (Å²) < 4.78 is 0. The fourth-order valence-corrected chi connectivity index (χ4v) is 7.45. The Morgan fingerprint density at radius 3 is 1.06 bits per heavy atom. The van der Waals surface area contributed by atoms with E-state index in [1.54, 1.807) is 12.4 Å². The van der Waals surface area contributed by atoms with E-state index in [4.69, 9.17) is 0 Å². The van der Waals surface area contributed by atoms with Crippen molar-refractivity contribution in [1.82, 2.24) is 9.97 Å². The summed E-state index contributed by atoms with van der Waals surface area (Å²) in [4.78, 5) is 8.31. The van der Waals surface area contributed by atoms with Gasteiger partial charge in [0.1, 0.15) is 23.5 Å². The van der Waals surface area contributed by atoms with Crippen LogP contribution in [0, 0.1) is 22.7 Å². The van der Waals surface area contributed by atoms with E-state index in [0.29, 0.717) is 11.4 Å². The van der Waals surface area contributed by atoms with Crippen molar-refractivity contribution in [3.8, 4) is 56.6 Å². The molecule has 0 amide bonds. The van der Waals surface area contributed by atoms with Gasteiger partial charge in [-0.15, -0.1) is 0 Å². The smallest absolute Gasteiger partial charge is 0.141 e. The summed E-state index contributed by atoms with van der Waals surface area (Å²) in [5.41, 5.74) is 9.42. The first-order chi connectivity index (χ1) is 24.7. The highest BCUT2D eigenvalue weighted by Gasteiger charge is 2.21. The second-order valence-corrected chi connectivity index (χ2v) is 12.4. The minimum atomic E-state index is 0.401. The van der Waals surface area contributed by atoms with Gasteiger partial charge >= 0.3 is 0 Å². The second-order valence-electron chi connectivity index (χ2n) is 12.4. The molecule has 0 spiro atoms. The van der Waals surface area contributed by atoms with Gasteiger partial charge in [-0.05, 0) is 112 Å². The monoisotopic (exact) mass is 634 g/mol. The number of hydrogen-bond donors (Lipinski definition) is 0. The van der Waals surface area contributed by atoms with Crippen LogP contribution in [0.1, 0.15) is 11.4 Å². The predicted octanol–water partition coefficient (Wildman–Crippen LogP) is 11.5. The lowest BCUT2D eigenvalue weighted by Gasteiger charge is -2.22. The fraction of sp³-hybridized carbons (Fsp3) is 0. The standard InChI is InChI=1S/C46H26N4/c47-27-35-25-33(21-23-49-35)29-13-17-31(18-14-29)43-41-11-5-6-12-42(41)44(32-19-15-30(16-20-32)34-22-24-50-36(26-34)28-48)46-40-10-4-2-8-38(40)37-7-1-3-9-39(37)45(43)46/h1-26H. The highest BCUT2D eigenvalue weighted by molar-refractivity contribution is 6.36. The zero-order chi connectivity index (χ0) is 33.6. The van der Waals surface area contributed by atoms with E-state index in [-0.39, 0.29) is 0 Å². The number of nitriles is 2. The molecule has 0 aliphatic rings. The molecule has 0 unspecified atom stereocenters. The Bertz CT molecular complexity index is 2680. The van der Waals surface area contributed by atoms with Gasteiger partial charge in [0.05, 0.1) is 0 Å². The molecule has 0 atom stereocenters. The first-order valence-corrected chi connectivity index (χ1v) is 16.4. The highest BCUT2D eigenvalue weighted by Crippen LogP contribution is 2.49. The predicted molar refractivity (Wildman–Crippen MR) is 203 cm³/mol. The number of hydrogen-bond acceptors (Lipinski definition) is 4. The molecule has 0 aliphatic heterocycles. The third-order valence-corrected chi connectivity index (χ3v) is 9.66. The van der Waals surface area contributed by atoms with E-state index in [0.717, 1.165) is 33.4 Å². The van der Waals surface area contributed by atoms with Crippen LogP contribution in [-0.2, 0) is 0 Å². The van der Waals surface area contributed by atoms with Crippen LogP contribution in [0.5, 0.6) is 0 Å². The molecule has 230 valence electrons. The Balaban J connectivity index is 1.37. The van der Waals surface area contributed by atoms with Gasteiger partial charge < -0.3 is 0 Å². The van der Waals surface area contributed by atoms with Gasteiger partial charge in [-0.25, -0.2) is 9.97 Å². The van der Waals surface area contributed by atoms with Crippen LogP contribution in [0.2, 0.25) is 0 Å². The molecule has 7 aromatic carbocycles. The molecule has 0 fully saturated rings. The Kier molecular flexibility index (Phi) is 6.87. The molecule has 0 saturated carbocycles. The average molecular weight is 635 g/mol. The van der Waals surface area contributed by atoms with Crippen LogP contribution < -0.4 is 0 Å². The van der Waals surface area contributed by atoms with Gasteiger partial charge in [0.2, 0.25) is 0 Å². The highest BCUT2D eigenvalue weighted by atomic mass is 14.7. The van der Waals surface area contributed by atoms with Crippen molar-refractivity contribution in [3.63, 3.8) is 0 Å². The number of nitrogens with zero attached hydrogens (tertiary/aromatic N) is 4. The SMILES string of the molecule is N#Cc1cc(-c2ccc(-c3c4ccccc4c(-c4ccc(-c5ccnc(C#N)c5)cc4)c4c5ccccc5c5ccccc5c34)cc2)ccn1. The maximum atomic E-state index is 9.43. The summed E-state index contributed by atoms with van der Waals surface area (Å²) in [7, 11) is 0. The molecule has 0 saturated heterocycles. The normalized spacial score (nSPS) is 11.2. The molecule has 4 heteroatoms. The van der Waals surface area contributed by atoms with Crippen LogP contribution in [0.15, 0.2) is 158 Å². The number of benzene rings is 7. The van der Waals surface area contributed by atoms with Crippen LogP contribution in [0.25, 0.3) is 87.6 Å². The lowest BCUT2D eigenvalue weighted by atomic mass is 9.81. The molecule has 0 bridgehead atoms. The second kappa shape index (κ2) is 11.8. The van der Waals surface area contributed by atoms with Crippen molar-refractivity contribution in [2.24, 2.45) is 0 Å². The average Bonchev–Trinajstić information content (AvgIpc) is 3.20. The Hall–Kier alpha value is -7.14. The zero-order valence-corrected chi connectivity index (χ0v) is 26.8. The van der Waals surface area contributed by atoms with Crippen LogP contribution >= 0.6 is 0 Å². The minimum absolute atomic E-state index is 0.401. The third kappa shape index (κ3) is 4.67. The maximum absolute atomic E-state index is 9.43. The lowest BCUT2D eigenvalue weighted by Crippen LogP contribution is -1.94. The molecule has 9 aromatic rings. The van der Waals surface area contributed by atoms with Gasteiger partial charge in [0, 0.05) is 12.4 Å². The fourth-order valence-electron chi connectivity index (χ4n) is 7.45. The first kappa shape index (κ1) is 29.0. The van der Waals surface area contributed by atoms with Crippen molar-refractivity contribution in [2.45, 2.75) is 0 Å². The maximum Gasteiger partial charge on any atom is 0.141 e. The number of pyridine rings is 2. The Morgan fingerprint density at radius 2 is 0.680 bits per heavy atom. The van der Waals surface area contributed by atoms with Gasteiger partial charge in [-0.1, -0.05) is 121 Å². The molecule has 2 heterocycles. The molecular weight excluding hydrogens is 609 g/mol. The van der Waals surface area contributed by atoms with Crippen LogP contribution in [0.4, 0.5) is 0 Å². The third-order valence-electron chi connectivity index (χ3n) is 9.66. The van der Waals surface area contributed by atoms with Crippen molar-refractivity contribution in [2.75, 3.05) is 0 Å². The van der Waals surface area contributed by atoms with Crippen molar-refractivity contribution in [3.05, 3.63) is 169 Å². The van der Waals surface area contributed by atoms with Gasteiger partial charge in [0.15, 0.2) is 0 Å². The van der Waals surface area contributed by atoms with E-state index >= 15 is 0 Å². The topological polar surface area (TPSA) is 73.4 Å². The van der Waals surface area contributed by atoms with Gasteiger partial charge in [-0.3, -0.25) is 0 Å². The van der Waals surface area contributed by atoms with Crippen LogP contribution in [0.3, 0.4) is 0 Å². The number of fused-ring (bicyclic) bond motifs is 7. The van der Waals surface area contributed by atoms with Crippen LogP contribution in [-0.4, -0.2) is 9.97 Å². The van der Waals surface area contributed by atoms with Crippen molar-refractivity contribution in [1.29, 1.82) is 10.5 Å². The van der Waals surface area contributed by atoms with E-state index in [9.17, 15) is 10.5 Å². The van der Waals surface area contributed by atoms with Gasteiger partial charge in [0.25, 0.3) is 0 Å². The molecule has 0 radical (unpaired) electrons. The number of aromatic nitrogens is 2. The molecule has 0 N–H and O–H groups in total. The van der Waals surface area contributed by atoms with E-state index < -0.39 is 0 Å². The first-order valence-electron chi connectivity index (χ1n) is 16.4. The summed E-state index contributed by atoms with van der Waals surface area (Å²) in [6.45, 7) is 0.